The summed E-state index contributed by atoms with van der Waals surface area (Å²) in [4.78, 5) is 22.8. The molecule has 28 heavy (non-hydrogen) atoms. The van der Waals surface area contributed by atoms with E-state index in [1.807, 2.05) is 6.07 Å². The Morgan fingerprint density at radius 2 is 2.07 bits per heavy atom. The summed E-state index contributed by atoms with van der Waals surface area (Å²) in [6, 6.07) is 11.9. The molecule has 0 aliphatic rings. The van der Waals surface area contributed by atoms with Crippen LogP contribution in [0.4, 0.5) is 0 Å². The molecule has 0 bridgehead atoms. The van der Waals surface area contributed by atoms with E-state index in [9.17, 15) is 9.59 Å². The third-order valence-electron chi connectivity index (χ3n) is 3.64. The van der Waals surface area contributed by atoms with E-state index in [1.165, 1.54) is 13.3 Å². The number of halogens is 1. The number of aliphatic carboxylic acids is 1. The Morgan fingerprint density at radius 1 is 1.25 bits per heavy atom. The number of hydrazone groups is 1. The van der Waals surface area contributed by atoms with Crippen molar-refractivity contribution in [3.8, 4) is 11.5 Å². The lowest BCUT2D eigenvalue weighted by atomic mass is 10.2. The van der Waals surface area contributed by atoms with E-state index in [4.69, 9.17) is 19.0 Å². The molecule has 0 radical (unpaired) electrons. The Balaban J connectivity index is 1.66. The van der Waals surface area contributed by atoms with E-state index in [0.29, 0.717) is 27.1 Å². The second-order valence-electron chi connectivity index (χ2n) is 5.56. The molecule has 144 valence electrons. The molecule has 0 aliphatic heterocycles. The van der Waals surface area contributed by atoms with Crippen LogP contribution in [0.2, 0.25) is 0 Å². The largest absolute Gasteiger partial charge is 0.493 e. The van der Waals surface area contributed by atoms with E-state index in [2.05, 4.69) is 26.5 Å². The first-order valence-electron chi connectivity index (χ1n) is 8.02. The van der Waals surface area contributed by atoms with Crippen LogP contribution in [0.25, 0.3) is 11.0 Å². The van der Waals surface area contributed by atoms with Gasteiger partial charge in [0.25, 0.3) is 0 Å². The average molecular weight is 447 g/mol. The lowest BCUT2D eigenvalue weighted by Crippen LogP contribution is -2.16. The molecule has 2 aromatic carbocycles. The molecule has 1 amide bonds. The summed E-state index contributed by atoms with van der Waals surface area (Å²) in [6.45, 7) is -0.440. The smallest absolute Gasteiger partial charge is 0.341 e. The van der Waals surface area contributed by atoms with Crippen molar-refractivity contribution in [3.63, 3.8) is 0 Å². The number of nitrogens with zero attached hydrogens (tertiary/aromatic N) is 1. The van der Waals surface area contributed by atoms with Crippen molar-refractivity contribution in [3.05, 3.63) is 58.3 Å². The normalized spacial score (nSPS) is 10.9. The van der Waals surface area contributed by atoms with Gasteiger partial charge >= 0.3 is 11.9 Å². The number of methoxy groups -OCH3 is 1. The highest BCUT2D eigenvalue weighted by Crippen LogP contribution is 2.28. The molecule has 0 unspecified atom stereocenters. The number of benzene rings is 2. The molecule has 9 heteroatoms. The number of ether oxygens (including phenoxy) is 2. The molecule has 3 rings (SSSR count). The van der Waals surface area contributed by atoms with E-state index >= 15 is 0 Å². The van der Waals surface area contributed by atoms with Gasteiger partial charge < -0.3 is 19.0 Å². The number of para-hydroxylation sites is 1. The minimum absolute atomic E-state index is 0.107. The van der Waals surface area contributed by atoms with Gasteiger partial charge in [0.15, 0.2) is 23.7 Å². The topological polar surface area (TPSA) is 110 Å². The number of amides is 1. The first-order valence-corrected chi connectivity index (χ1v) is 8.81. The van der Waals surface area contributed by atoms with Crippen LogP contribution in [0.1, 0.15) is 16.1 Å². The number of furan rings is 1. The molecule has 0 saturated heterocycles. The van der Waals surface area contributed by atoms with Gasteiger partial charge in [0.1, 0.15) is 5.75 Å². The molecule has 2 N–H and O–H groups in total. The zero-order chi connectivity index (χ0) is 20.1. The first kappa shape index (κ1) is 19.4. The predicted molar refractivity (Wildman–Crippen MR) is 105 cm³/mol. The van der Waals surface area contributed by atoms with Crippen LogP contribution < -0.4 is 14.9 Å². The minimum Gasteiger partial charge on any atom is -0.493 e. The number of carboxylic acid groups (broad SMARTS) is 1. The van der Waals surface area contributed by atoms with E-state index in [-0.39, 0.29) is 5.76 Å². The Morgan fingerprint density at radius 3 is 2.79 bits per heavy atom. The van der Waals surface area contributed by atoms with Gasteiger partial charge in [-0.3, -0.25) is 4.79 Å². The molecule has 3 aromatic rings. The summed E-state index contributed by atoms with van der Waals surface area (Å²) < 4.78 is 16.4. The third-order valence-corrected chi connectivity index (χ3v) is 4.26. The SMILES string of the molecule is COc1cccc2cc(C(=O)N/N=C\c3ccc(OCC(=O)O)c(Br)c3)oc12. The van der Waals surface area contributed by atoms with Gasteiger partial charge in [-0.2, -0.15) is 5.10 Å². The Hall–Kier alpha value is -3.33. The fraction of sp³-hybridized carbons (Fsp3) is 0.105. The van der Waals surface area contributed by atoms with Gasteiger partial charge in [-0.15, -0.1) is 0 Å². The number of carbonyl (C=O) groups excluding carboxylic acids is 1. The van der Waals surface area contributed by atoms with Gasteiger partial charge in [0, 0.05) is 5.39 Å². The summed E-state index contributed by atoms with van der Waals surface area (Å²) in [5, 5.41) is 13.3. The van der Waals surface area contributed by atoms with Gasteiger partial charge in [0.05, 0.1) is 17.8 Å². The lowest BCUT2D eigenvalue weighted by Gasteiger charge is -2.06. The van der Waals surface area contributed by atoms with Gasteiger partial charge in [0.2, 0.25) is 0 Å². The van der Waals surface area contributed by atoms with E-state index < -0.39 is 18.5 Å². The lowest BCUT2D eigenvalue weighted by molar-refractivity contribution is -0.139. The predicted octanol–water partition coefficient (Wildman–Crippen LogP) is 3.43. The van der Waals surface area contributed by atoms with Gasteiger partial charge in [-0.25, -0.2) is 10.2 Å². The number of carboxylic acids is 1. The summed E-state index contributed by atoms with van der Waals surface area (Å²) in [7, 11) is 1.53. The summed E-state index contributed by atoms with van der Waals surface area (Å²) in [5.41, 5.74) is 3.55. The maximum atomic E-state index is 12.2. The standard InChI is InChI=1S/C19H15BrN2O6/c1-26-15-4-2-3-12-8-16(28-18(12)15)19(25)22-21-9-11-5-6-14(13(20)7-11)27-10-17(23)24/h2-9H,10H2,1H3,(H,22,25)(H,23,24)/b21-9-. The second kappa shape index (κ2) is 8.57. The number of carbonyl (C=O) groups is 2. The van der Waals surface area contributed by atoms with Crippen LogP contribution in [0.3, 0.4) is 0 Å². The quantitative estimate of drug-likeness (QED) is 0.424. The zero-order valence-electron chi connectivity index (χ0n) is 14.6. The van der Waals surface area contributed by atoms with Crippen molar-refractivity contribution in [2.24, 2.45) is 5.10 Å². The van der Waals surface area contributed by atoms with Crippen LogP contribution in [-0.2, 0) is 4.79 Å². The maximum absolute atomic E-state index is 12.2. The van der Waals surface area contributed by atoms with Crippen molar-refractivity contribution in [1.82, 2.24) is 5.43 Å². The van der Waals surface area contributed by atoms with Crippen molar-refractivity contribution >= 4 is 45.0 Å². The second-order valence-corrected chi connectivity index (χ2v) is 6.42. The fourth-order valence-electron chi connectivity index (χ4n) is 2.38. The summed E-state index contributed by atoms with van der Waals surface area (Å²) in [6.07, 6.45) is 1.44. The molecule has 1 aromatic heterocycles. The summed E-state index contributed by atoms with van der Waals surface area (Å²) in [5.74, 6) is -0.538. The molecular weight excluding hydrogens is 432 g/mol. The molecule has 0 spiro atoms. The van der Waals surface area contributed by atoms with Crippen LogP contribution in [-0.4, -0.2) is 36.9 Å². The molecule has 0 saturated carbocycles. The Kier molecular flexibility index (Phi) is 5.95. The molecular formula is C19H15BrN2O6. The van der Waals surface area contributed by atoms with Crippen molar-refractivity contribution < 1.29 is 28.6 Å². The highest BCUT2D eigenvalue weighted by molar-refractivity contribution is 9.10. The third kappa shape index (κ3) is 4.49. The number of rotatable bonds is 7. The minimum atomic E-state index is -1.07. The van der Waals surface area contributed by atoms with E-state index in [1.54, 1.807) is 36.4 Å². The van der Waals surface area contributed by atoms with Crippen LogP contribution in [0, 0.1) is 0 Å². The molecule has 0 aliphatic carbocycles. The van der Waals surface area contributed by atoms with Gasteiger partial charge in [-0.05, 0) is 51.8 Å². The molecule has 1 heterocycles. The highest BCUT2D eigenvalue weighted by atomic mass is 79.9. The molecule has 0 atom stereocenters. The number of hydrogen-bond acceptors (Lipinski definition) is 6. The van der Waals surface area contributed by atoms with E-state index in [0.717, 1.165) is 5.39 Å². The number of nitrogens with one attached hydrogen (secondary N) is 1. The van der Waals surface area contributed by atoms with Crippen LogP contribution >= 0.6 is 15.9 Å². The van der Waals surface area contributed by atoms with Crippen LogP contribution in [0.15, 0.2) is 56.5 Å². The maximum Gasteiger partial charge on any atom is 0.341 e. The first-order chi connectivity index (χ1) is 13.5. The highest BCUT2D eigenvalue weighted by Gasteiger charge is 2.14. The van der Waals surface area contributed by atoms with Crippen molar-refractivity contribution in [1.29, 1.82) is 0 Å². The van der Waals surface area contributed by atoms with Crippen molar-refractivity contribution in [2.45, 2.75) is 0 Å². The molecule has 0 fully saturated rings. The zero-order valence-corrected chi connectivity index (χ0v) is 16.2. The fourth-order valence-corrected chi connectivity index (χ4v) is 2.89. The van der Waals surface area contributed by atoms with Crippen molar-refractivity contribution in [2.75, 3.05) is 13.7 Å². The van der Waals surface area contributed by atoms with Crippen LogP contribution in [0.5, 0.6) is 11.5 Å². The Labute approximate surface area is 167 Å². The Bertz CT molecular complexity index is 1060. The average Bonchev–Trinajstić information content (AvgIpc) is 3.11. The monoisotopic (exact) mass is 446 g/mol. The summed E-state index contributed by atoms with van der Waals surface area (Å²) >= 11 is 3.29. The molecule has 8 nitrogen and oxygen atoms in total. The van der Waals surface area contributed by atoms with Gasteiger partial charge in [-0.1, -0.05) is 12.1 Å². The number of hydrogen-bond donors (Lipinski definition) is 2. The number of fused-ring (bicyclic) bond motifs is 1.